The summed E-state index contributed by atoms with van der Waals surface area (Å²) in [4.78, 5) is 18.6. The highest BCUT2D eigenvalue weighted by molar-refractivity contribution is 8.13. The molecule has 0 bridgehead atoms. The molecule has 0 aromatic heterocycles. The smallest absolute Gasteiger partial charge is 0.339 e. The van der Waals surface area contributed by atoms with Gasteiger partial charge in [-0.3, -0.25) is 9.98 Å². The van der Waals surface area contributed by atoms with Gasteiger partial charge in [-0.05, 0) is 0 Å². The SMILES string of the molecule is O=C(O)C1=C2N=CSC2CN=C1. The predicted molar refractivity (Wildman–Crippen MR) is 47.9 cm³/mol. The van der Waals surface area contributed by atoms with E-state index in [1.54, 1.807) is 5.55 Å². The van der Waals surface area contributed by atoms with Crippen molar-refractivity contribution >= 4 is 29.5 Å². The van der Waals surface area contributed by atoms with Crippen LogP contribution in [0.4, 0.5) is 0 Å². The molecule has 5 heteroatoms. The lowest BCUT2D eigenvalue weighted by Gasteiger charge is -2.12. The van der Waals surface area contributed by atoms with E-state index in [2.05, 4.69) is 9.98 Å². The van der Waals surface area contributed by atoms with Crippen LogP contribution in [0.2, 0.25) is 0 Å². The molecule has 0 saturated heterocycles. The summed E-state index contributed by atoms with van der Waals surface area (Å²) in [6.45, 7) is 0.636. The molecule has 0 saturated carbocycles. The molecule has 4 nitrogen and oxygen atoms in total. The lowest BCUT2D eigenvalue weighted by atomic mass is 10.1. The fourth-order valence-corrected chi connectivity index (χ4v) is 1.96. The standard InChI is InChI=1S/C7H6N2O2S/c10-7(11)4-1-8-2-5-6(4)9-3-12-5/h1,3,5H,2H2,(H,10,11). The summed E-state index contributed by atoms with van der Waals surface area (Å²) < 4.78 is 0. The van der Waals surface area contributed by atoms with Crippen molar-refractivity contribution in [1.82, 2.24) is 0 Å². The second-order valence-corrected chi connectivity index (χ2v) is 3.51. The van der Waals surface area contributed by atoms with Crippen molar-refractivity contribution in [3.05, 3.63) is 11.3 Å². The fourth-order valence-electron chi connectivity index (χ4n) is 1.15. The third kappa shape index (κ3) is 1.06. The highest BCUT2D eigenvalue weighted by atomic mass is 32.2. The molecule has 0 spiro atoms. The molecule has 62 valence electrons. The van der Waals surface area contributed by atoms with Gasteiger partial charge >= 0.3 is 5.97 Å². The van der Waals surface area contributed by atoms with E-state index in [1.165, 1.54) is 18.0 Å². The average molecular weight is 182 g/mol. The van der Waals surface area contributed by atoms with Gasteiger partial charge in [0.1, 0.15) is 0 Å². The van der Waals surface area contributed by atoms with Crippen LogP contribution < -0.4 is 0 Å². The number of aliphatic imine (C=N–C) groups is 2. The monoisotopic (exact) mass is 182 g/mol. The Kier molecular flexibility index (Phi) is 1.73. The second-order valence-electron chi connectivity index (χ2n) is 2.46. The Bertz CT molecular complexity index is 319. The minimum atomic E-state index is -0.946. The van der Waals surface area contributed by atoms with Crippen LogP contribution >= 0.6 is 11.8 Å². The van der Waals surface area contributed by atoms with Crippen molar-refractivity contribution in [3.63, 3.8) is 0 Å². The molecule has 1 atom stereocenters. The normalized spacial score (nSPS) is 26.2. The van der Waals surface area contributed by atoms with Gasteiger partial charge in [0.15, 0.2) is 0 Å². The molecule has 0 aromatic rings. The Morgan fingerprint density at radius 1 is 1.75 bits per heavy atom. The van der Waals surface area contributed by atoms with Crippen LogP contribution in [-0.4, -0.2) is 34.6 Å². The van der Waals surface area contributed by atoms with Crippen molar-refractivity contribution in [2.24, 2.45) is 9.98 Å². The van der Waals surface area contributed by atoms with Crippen LogP contribution in [0.15, 0.2) is 21.3 Å². The zero-order valence-corrected chi connectivity index (χ0v) is 6.91. The first-order valence-corrected chi connectivity index (χ1v) is 4.38. The molecule has 12 heavy (non-hydrogen) atoms. The van der Waals surface area contributed by atoms with Crippen molar-refractivity contribution < 1.29 is 9.90 Å². The molecule has 2 aliphatic rings. The summed E-state index contributed by atoms with van der Waals surface area (Å²) in [5.74, 6) is -0.946. The quantitative estimate of drug-likeness (QED) is 0.644. The minimum Gasteiger partial charge on any atom is -0.478 e. The molecule has 2 aliphatic heterocycles. The van der Waals surface area contributed by atoms with E-state index in [0.29, 0.717) is 12.2 Å². The number of carboxylic acids is 1. The van der Waals surface area contributed by atoms with Crippen molar-refractivity contribution in [2.75, 3.05) is 6.54 Å². The topological polar surface area (TPSA) is 62.0 Å². The second kappa shape index (κ2) is 2.75. The van der Waals surface area contributed by atoms with Gasteiger partial charge in [0.2, 0.25) is 0 Å². The van der Waals surface area contributed by atoms with E-state index in [1.807, 2.05) is 0 Å². The van der Waals surface area contributed by atoms with Crippen LogP contribution in [0, 0.1) is 0 Å². The van der Waals surface area contributed by atoms with E-state index in [-0.39, 0.29) is 10.8 Å². The Morgan fingerprint density at radius 2 is 2.58 bits per heavy atom. The maximum absolute atomic E-state index is 10.7. The van der Waals surface area contributed by atoms with E-state index >= 15 is 0 Å². The molecule has 2 rings (SSSR count). The Balaban J connectivity index is 2.44. The van der Waals surface area contributed by atoms with Crippen molar-refractivity contribution in [1.29, 1.82) is 0 Å². The van der Waals surface area contributed by atoms with Crippen molar-refractivity contribution in [2.45, 2.75) is 5.25 Å². The van der Waals surface area contributed by atoms with E-state index in [4.69, 9.17) is 5.11 Å². The minimum absolute atomic E-state index is 0.126. The van der Waals surface area contributed by atoms with Gasteiger partial charge in [0, 0.05) is 6.21 Å². The number of dihydropyridines is 1. The molecule has 0 amide bonds. The van der Waals surface area contributed by atoms with Gasteiger partial charge in [-0.2, -0.15) is 0 Å². The third-order valence-corrected chi connectivity index (χ3v) is 2.65. The number of rotatable bonds is 1. The third-order valence-electron chi connectivity index (χ3n) is 1.72. The number of hydrogen-bond acceptors (Lipinski definition) is 4. The summed E-state index contributed by atoms with van der Waals surface area (Å²) in [5, 5.41) is 8.88. The molecule has 1 unspecified atom stereocenters. The Hall–Kier alpha value is -1.10. The molecule has 0 aromatic carbocycles. The Morgan fingerprint density at radius 3 is 3.33 bits per heavy atom. The first-order valence-electron chi connectivity index (χ1n) is 3.44. The largest absolute Gasteiger partial charge is 0.478 e. The summed E-state index contributed by atoms with van der Waals surface area (Å²) in [5.41, 5.74) is 2.56. The first kappa shape index (κ1) is 7.54. The lowest BCUT2D eigenvalue weighted by molar-refractivity contribution is -0.132. The zero-order chi connectivity index (χ0) is 8.55. The van der Waals surface area contributed by atoms with Crippen molar-refractivity contribution in [3.8, 4) is 0 Å². The van der Waals surface area contributed by atoms with Crippen LogP contribution in [0.25, 0.3) is 0 Å². The Labute approximate surface area is 73.1 Å². The number of aliphatic carboxylic acids is 1. The van der Waals surface area contributed by atoms with E-state index in [0.717, 1.165) is 0 Å². The van der Waals surface area contributed by atoms with Gasteiger partial charge in [0.05, 0.1) is 28.6 Å². The van der Waals surface area contributed by atoms with Crippen LogP contribution in [-0.2, 0) is 4.79 Å². The number of carboxylic acid groups (broad SMARTS) is 1. The van der Waals surface area contributed by atoms with Gasteiger partial charge in [-0.15, -0.1) is 11.8 Å². The summed E-state index contributed by atoms with van der Waals surface area (Å²) in [6, 6.07) is 0. The number of fused-ring (bicyclic) bond motifs is 1. The summed E-state index contributed by atoms with van der Waals surface area (Å²) in [6.07, 6.45) is 1.39. The van der Waals surface area contributed by atoms with E-state index < -0.39 is 5.97 Å². The first-order chi connectivity index (χ1) is 5.79. The number of thioether (sulfide) groups is 1. The zero-order valence-electron chi connectivity index (χ0n) is 6.10. The molecule has 0 fully saturated rings. The van der Waals surface area contributed by atoms with Gasteiger partial charge in [0.25, 0.3) is 0 Å². The van der Waals surface area contributed by atoms with E-state index in [9.17, 15) is 4.79 Å². The molecule has 0 radical (unpaired) electrons. The average Bonchev–Trinajstić information content (AvgIpc) is 2.49. The molecular formula is C7H6N2O2S. The number of carbonyl (C=O) groups is 1. The molecule has 0 aliphatic carbocycles. The highest BCUT2D eigenvalue weighted by Crippen LogP contribution is 2.29. The fraction of sp³-hybridized carbons (Fsp3) is 0.286. The van der Waals surface area contributed by atoms with Gasteiger partial charge in [-0.1, -0.05) is 0 Å². The summed E-state index contributed by atoms with van der Waals surface area (Å²) in [7, 11) is 0. The predicted octanol–water partition coefficient (Wildman–Crippen LogP) is 0.553. The van der Waals surface area contributed by atoms with Gasteiger partial charge < -0.3 is 5.11 Å². The lowest BCUT2D eigenvalue weighted by Crippen LogP contribution is -2.18. The number of nitrogens with zero attached hydrogens (tertiary/aromatic N) is 2. The molecular weight excluding hydrogens is 176 g/mol. The van der Waals surface area contributed by atoms with Crippen LogP contribution in [0.5, 0.6) is 0 Å². The number of hydrogen-bond donors (Lipinski definition) is 1. The molecule has 2 heterocycles. The summed E-state index contributed by atoms with van der Waals surface area (Å²) >= 11 is 1.52. The van der Waals surface area contributed by atoms with Crippen LogP contribution in [0.3, 0.4) is 0 Å². The maximum atomic E-state index is 10.7. The maximum Gasteiger partial charge on any atom is 0.339 e. The molecule has 1 N–H and O–H groups in total. The van der Waals surface area contributed by atoms with Crippen LogP contribution in [0.1, 0.15) is 0 Å². The van der Waals surface area contributed by atoms with Gasteiger partial charge in [-0.25, -0.2) is 4.79 Å². The highest BCUT2D eigenvalue weighted by Gasteiger charge is 2.27.